The van der Waals surface area contributed by atoms with Crippen LogP contribution < -0.4 is 11.5 Å². The Bertz CT molecular complexity index is 378. The van der Waals surface area contributed by atoms with Crippen LogP contribution in [0, 0.1) is 0 Å². The van der Waals surface area contributed by atoms with Crippen molar-refractivity contribution in [3.8, 4) is 11.3 Å². The Balaban J connectivity index is 2.54. The first-order valence-electron chi connectivity index (χ1n) is 3.46. The summed E-state index contributed by atoms with van der Waals surface area (Å²) in [6, 6.07) is 5.50. The number of anilines is 2. The molecule has 0 saturated carbocycles. The quantitative estimate of drug-likeness (QED) is 0.706. The Hall–Kier alpha value is -1.42. The SMILES string of the molecule is Nc1cc(-c2ccco2)c(N)s1. The highest BCUT2D eigenvalue weighted by Gasteiger charge is 2.08. The summed E-state index contributed by atoms with van der Waals surface area (Å²) in [4.78, 5) is 0. The first-order chi connectivity index (χ1) is 5.77. The van der Waals surface area contributed by atoms with E-state index in [4.69, 9.17) is 15.9 Å². The van der Waals surface area contributed by atoms with Gasteiger partial charge in [-0.1, -0.05) is 0 Å². The van der Waals surface area contributed by atoms with Gasteiger partial charge in [0.25, 0.3) is 0 Å². The Morgan fingerprint density at radius 3 is 2.67 bits per heavy atom. The average Bonchev–Trinajstić information content (AvgIpc) is 2.58. The van der Waals surface area contributed by atoms with Crippen LogP contribution in [0.4, 0.5) is 10.0 Å². The van der Waals surface area contributed by atoms with E-state index in [1.165, 1.54) is 11.3 Å². The second kappa shape index (κ2) is 2.57. The summed E-state index contributed by atoms with van der Waals surface area (Å²) in [7, 11) is 0. The van der Waals surface area contributed by atoms with Crippen molar-refractivity contribution in [2.45, 2.75) is 0 Å². The van der Waals surface area contributed by atoms with Gasteiger partial charge < -0.3 is 15.9 Å². The standard InChI is InChI=1S/C8H8N2OS/c9-7-4-5(8(10)12-7)6-2-1-3-11-6/h1-4H,9-10H2. The summed E-state index contributed by atoms with van der Waals surface area (Å²) in [5.41, 5.74) is 12.2. The molecule has 0 bridgehead atoms. The number of hydrogen-bond donors (Lipinski definition) is 2. The van der Waals surface area contributed by atoms with Gasteiger partial charge in [0.1, 0.15) is 5.76 Å². The third-order valence-corrected chi connectivity index (χ3v) is 2.36. The lowest BCUT2D eigenvalue weighted by atomic mass is 10.2. The van der Waals surface area contributed by atoms with E-state index in [1.54, 1.807) is 6.26 Å². The van der Waals surface area contributed by atoms with E-state index >= 15 is 0 Å². The lowest BCUT2D eigenvalue weighted by Gasteiger charge is -1.91. The minimum Gasteiger partial charge on any atom is -0.464 e. The van der Waals surface area contributed by atoms with E-state index in [0.29, 0.717) is 10.0 Å². The molecule has 3 nitrogen and oxygen atoms in total. The minimum absolute atomic E-state index is 0.697. The Morgan fingerprint density at radius 2 is 2.17 bits per heavy atom. The molecule has 2 aromatic rings. The smallest absolute Gasteiger partial charge is 0.136 e. The fourth-order valence-corrected chi connectivity index (χ4v) is 1.75. The maximum atomic E-state index is 5.71. The van der Waals surface area contributed by atoms with Gasteiger partial charge in [0.2, 0.25) is 0 Å². The Kier molecular flexibility index (Phi) is 1.55. The van der Waals surface area contributed by atoms with Crippen LogP contribution in [-0.2, 0) is 0 Å². The lowest BCUT2D eigenvalue weighted by Crippen LogP contribution is -1.80. The number of rotatable bonds is 1. The van der Waals surface area contributed by atoms with Crippen molar-refractivity contribution in [3.63, 3.8) is 0 Å². The van der Waals surface area contributed by atoms with Gasteiger partial charge in [-0.2, -0.15) is 0 Å². The molecule has 12 heavy (non-hydrogen) atoms. The number of nitrogen functional groups attached to an aromatic ring is 2. The topological polar surface area (TPSA) is 65.2 Å². The largest absolute Gasteiger partial charge is 0.464 e. The highest BCUT2D eigenvalue weighted by Crippen LogP contribution is 2.35. The molecule has 62 valence electrons. The van der Waals surface area contributed by atoms with Crippen LogP contribution in [0.15, 0.2) is 28.9 Å². The number of furan rings is 1. The number of nitrogens with two attached hydrogens (primary N) is 2. The molecule has 0 amide bonds. The Labute approximate surface area is 73.6 Å². The van der Waals surface area contributed by atoms with E-state index in [-0.39, 0.29) is 0 Å². The van der Waals surface area contributed by atoms with E-state index in [2.05, 4.69) is 0 Å². The molecule has 0 aliphatic rings. The van der Waals surface area contributed by atoms with Crippen molar-refractivity contribution < 1.29 is 4.42 Å². The van der Waals surface area contributed by atoms with Crippen molar-refractivity contribution in [1.82, 2.24) is 0 Å². The zero-order valence-corrected chi connectivity index (χ0v) is 7.10. The first kappa shape index (κ1) is 7.24. The summed E-state index contributed by atoms with van der Waals surface area (Å²) in [5.74, 6) is 0.764. The fourth-order valence-electron chi connectivity index (χ4n) is 1.05. The Morgan fingerprint density at radius 1 is 1.33 bits per heavy atom. The summed E-state index contributed by atoms with van der Waals surface area (Å²) in [6.07, 6.45) is 1.61. The summed E-state index contributed by atoms with van der Waals surface area (Å²) >= 11 is 1.36. The first-order valence-corrected chi connectivity index (χ1v) is 4.27. The zero-order valence-electron chi connectivity index (χ0n) is 6.28. The maximum absolute atomic E-state index is 5.71. The average molecular weight is 180 g/mol. The summed E-state index contributed by atoms with van der Waals surface area (Å²) < 4.78 is 5.18. The van der Waals surface area contributed by atoms with Gasteiger partial charge >= 0.3 is 0 Å². The molecule has 4 N–H and O–H groups in total. The van der Waals surface area contributed by atoms with E-state index < -0.39 is 0 Å². The van der Waals surface area contributed by atoms with Crippen LogP contribution in [0.2, 0.25) is 0 Å². The molecule has 0 spiro atoms. The highest BCUT2D eigenvalue weighted by molar-refractivity contribution is 7.20. The third-order valence-electron chi connectivity index (χ3n) is 1.57. The molecule has 0 saturated heterocycles. The lowest BCUT2D eigenvalue weighted by molar-refractivity contribution is 0.583. The molecule has 0 aromatic carbocycles. The van der Waals surface area contributed by atoms with Crippen LogP contribution in [0.1, 0.15) is 0 Å². The van der Waals surface area contributed by atoms with Crippen LogP contribution in [0.25, 0.3) is 11.3 Å². The van der Waals surface area contributed by atoms with Crippen LogP contribution in [0.5, 0.6) is 0 Å². The normalized spacial score (nSPS) is 10.3. The van der Waals surface area contributed by atoms with Gasteiger partial charge in [0.15, 0.2) is 0 Å². The van der Waals surface area contributed by atoms with Crippen LogP contribution in [-0.4, -0.2) is 0 Å². The van der Waals surface area contributed by atoms with Crippen molar-refractivity contribution in [1.29, 1.82) is 0 Å². The van der Waals surface area contributed by atoms with Gasteiger partial charge in [-0.3, -0.25) is 0 Å². The van der Waals surface area contributed by atoms with E-state index in [0.717, 1.165) is 11.3 Å². The summed E-state index contributed by atoms with van der Waals surface area (Å²) in [5, 5.41) is 1.40. The zero-order chi connectivity index (χ0) is 8.55. The molecule has 0 radical (unpaired) electrons. The molecule has 0 aliphatic carbocycles. The van der Waals surface area contributed by atoms with Crippen molar-refractivity contribution in [2.24, 2.45) is 0 Å². The van der Waals surface area contributed by atoms with E-state index in [9.17, 15) is 0 Å². The molecule has 0 aliphatic heterocycles. The monoisotopic (exact) mass is 180 g/mol. The molecule has 0 atom stereocenters. The predicted molar refractivity (Wildman–Crippen MR) is 50.8 cm³/mol. The van der Waals surface area contributed by atoms with Crippen molar-refractivity contribution >= 4 is 21.3 Å². The molecule has 2 rings (SSSR count). The number of hydrogen-bond acceptors (Lipinski definition) is 4. The molecule has 2 aromatic heterocycles. The molecule has 4 heteroatoms. The van der Waals surface area contributed by atoms with Gasteiger partial charge in [-0.05, 0) is 18.2 Å². The second-order valence-corrected chi connectivity index (χ2v) is 3.52. The van der Waals surface area contributed by atoms with E-state index in [1.807, 2.05) is 18.2 Å². The molecule has 0 unspecified atom stereocenters. The molecular weight excluding hydrogens is 172 g/mol. The van der Waals surface area contributed by atoms with Gasteiger partial charge in [-0.25, -0.2) is 0 Å². The van der Waals surface area contributed by atoms with Gasteiger partial charge in [0, 0.05) is 0 Å². The maximum Gasteiger partial charge on any atom is 0.136 e. The molecule has 0 fully saturated rings. The minimum atomic E-state index is 0.697. The second-order valence-electron chi connectivity index (χ2n) is 2.40. The fraction of sp³-hybridized carbons (Fsp3) is 0. The highest BCUT2D eigenvalue weighted by atomic mass is 32.1. The van der Waals surface area contributed by atoms with Crippen LogP contribution in [0.3, 0.4) is 0 Å². The van der Waals surface area contributed by atoms with Gasteiger partial charge in [-0.15, -0.1) is 11.3 Å². The van der Waals surface area contributed by atoms with Crippen molar-refractivity contribution in [2.75, 3.05) is 11.5 Å². The third kappa shape index (κ3) is 1.06. The number of thiophene rings is 1. The predicted octanol–water partition coefficient (Wildman–Crippen LogP) is 2.17. The van der Waals surface area contributed by atoms with Gasteiger partial charge in [0.05, 0.1) is 21.8 Å². The molecular formula is C8H8N2OS. The summed E-state index contributed by atoms with van der Waals surface area (Å²) in [6.45, 7) is 0. The van der Waals surface area contributed by atoms with Crippen molar-refractivity contribution in [3.05, 3.63) is 24.5 Å². The molecule has 2 heterocycles. The van der Waals surface area contributed by atoms with Crippen LogP contribution >= 0.6 is 11.3 Å².